The van der Waals surface area contributed by atoms with E-state index in [1.807, 2.05) is 18.5 Å². The van der Waals surface area contributed by atoms with Gasteiger partial charge < -0.3 is 10.5 Å². The van der Waals surface area contributed by atoms with E-state index in [0.717, 1.165) is 22.4 Å². The number of benzene rings is 1. The summed E-state index contributed by atoms with van der Waals surface area (Å²) in [5.74, 6) is -0.280. The molecule has 0 spiro atoms. The molecule has 1 aromatic heterocycles. The Morgan fingerprint density at radius 3 is 2.84 bits per heavy atom. The van der Waals surface area contributed by atoms with Crippen molar-refractivity contribution >= 4 is 21.6 Å². The average Bonchev–Trinajstić information content (AvgIpc) is 2.65. The second-order valence-electron chi connectivity index (χ2n) is 4.14. The third-order valence-electron chi connectivity index (χ3n) is 2.77. The van der Waals surface area contributed by atoms with E-state index < -0.39 is 5.82 Å². The summed E-state index contributed by atoms with van der Waals surface area (Å²) in [6, 6.07) is 4.38. The van der Waals surface area contributed by atoms with Gasteiger partial charge >= 0.3 is 0 Å². The molecule has 2 aromatic rings. The van der Waals surface area contributed by atoms with Gasteiger partial charge in [0.05, 0.1) is 15.9 Å². The highest BCUT2D eigenvalue weighted by molar-refractivity contribution is 9.10. The van der Waals surface area contributed by atoms with Crippen LogP contribution in [0.4, 0.5) is 10.1 Å². The van der Waals surface area contributed by atoms with Gasteiger partial charge in [0, 0.05) is 18.3 Å². The molecule has 0 unspecified atom stereocenters. The van der Waals surface area contributed by atoms with Crippen molar-refractivity contribution in [3.05, 3.63) is 39.9 Å². The summed E-state index contributed by atoms with van der Waals surface area (Å²) in [7, 11) is 0. The number of aromatic nitrogens is 2. The summed E-state index contributed by atoms with van der Waals surface area (Å²) in [6.07, 6.45) is 0. The number of rotatable bonds is 4. The van der Waals surface area contributed by atoms with Gasteiger partial charge in [0.15, 0.2) is 11.6 Å². The van der Waals surface area contributed by atoms with E-state index >= 15 is 0 Å². The molecular formula is C13H15BrFN3O. The van der Waals surface area contributed by atoms with Crippen molar-refractivity contribution in [1.82, 2.24) is 9.78 Å². The lowest BCUT2D eigenvalue weighted by atomic mass is 10.3. The molecular weight excluding hydrogens is 313 g/mol. The molecule has 2 rings (SSSR count). The van der Waals surface area contributed by atoms with Crippen LogP contribution in [-0.4, -0.2) is 9.78 Å². The van der Waals surface area contributed by atoms with Gasteiger partial charge in [-0.1, -0.05) is 0 Å². The Hall–Kier alpha value is -1.56. The first-order valence-electron chi connectivity index (χ1n) is 5.92. The van der Waals surface area contributed by atoms with E-state index in [-0.39, 0.29) is 12.4 Å². The molecule has 0 aliphatic carbocycles. The van der Waals surface area contributed by atoms with Crippen LogP contribution in [0.25, 0.3) is 0 Å². The molecule has 2 N–H and O–H groups in total. The standard InChI is InChI=1S/C13H15BrFN3O/c1-3-18-11(13(14)8(2)17-18)7-19-12-5-4-9(16)6-10(12)15/h4-6H,3,7,16H2,1-2H3. The number of ether oxygens (including phenoxy) is 1. The zero-order valence-corrected chi connectivity index (χ0v) is 12.4. The largest absolute Gasteiger partial charge is 0.484 e. The fraction of sp³-hybridized carbons (Fsp3) is 0.308. The van der Waals surface area contributed by atoms with Crippen LogP contribution >= 0.6 is 15.9 Å². The molecule has 4 nitrogen and oxygen atoms in total. The Labute approximate surface area is 119 Å². The lowest BCUT2D eigenvalue weighted by Crippen LogP contribution is -2.07. The molecule has 19 heavy (non-hydrogen) atoms. The van der Waals surface area contributed by atoms with Crippen molar-refractivity contribution in [2.24, 2.45) is 0 Å². The SMILES string of the molecule is CCn1nc(C)c(Br)c1COc1ccc(N)cc1F. The van der Waals surface area contributed by atoms with Gasteiger partial charge in [0.2, 0.25) is 0 Å². The number of hydrogen-bond acceptors (Lipinski definition) is 3. The fourth-order valence-electron chi connectivity index (χ4n) is 1.79. The minimum absolute atomic E-state index is 0.183. The van der Waals surface area contributed by atoms with E-state index in [2.05, 4.69) is 21.0 Å². The molecule has 0 bridgehead atoms. The maximum Gasteiger partial charge on any atom is 0.167 e. The van der Waals surface area contributed by atoms with Gasteiger partial charge in [-0.05, 0) is 41.9 Å². The zero-order chi connectivity index (χ0) is 14.0. The van der Waals surface area contributed by atoms with Gasteiger partial charge in [0.25, 0.3) is 0 Å². The van der Waals surface area contributed by atoms with Crippen molar-refractivity contribution in [3.63, 3.8) is 0 Å². The van der Waals surface area contributed by atoms with Gasteiger partial charge in [-0.2, -0.15) is 5.10 Å². The number of anilines is 1. The van der Waals surface area contributed by atoms with Gasteiger partial charge in [-0.25, -0.2) is 4.39 Å². The second kappa shape index (κ2) is 5.61. The van der Waals surface area contributed by atoms with Crippen LogP contribution in [0.1, 0.15) is 18.3 Å². The molecule has 1 aromatic carbocycles. The van der Waals surface area contributed by atoms with Crippen LogP contribution in [0, 0.1) is 12.7 Å². The summed E-state index contributed by atoms with van der Waals surface area (Å²) in [5.41, 5.74) is 7.64. The van der Waals surface area contributed by atoms with Crippen molar-refractivity contribution < 1.29 is 9.13 Å². The average molecular weight is 328 g/mol. The maximum absolute atomic E-state index is 13.6. The van der Waals surface area contributed by atoms with E-state index in [0.29, 0.717) is 5.69 Å². The molecule has 102 valence electrons. The van der Waals surface area contributed by atoms with E-state index in [1.165, 1.54) is 12.1 Å². The minimum atomic E-state index is -0.463. The van der Waals surface area contributed by atoms with E-state index in [4.69, 9.17) is 10.5 Å². The molecule has 0 fully saturated rings. The van der Waals surface area contributed by atoms with Crippen LogP contribution in [0.3, 0.4) is 0 Å². The number of aryl methyl sites for hydroxylation is 2. The summed E-state index contributed by atoms with van der Waals surface area (Å²) in [4.78, 5) is 0. The first-order chi connectivity index (χ1) is 9.02. The number of nitrogens with two attached hydrogens (primary N) is 1. The van der Waals surface area contributed by atoms with Gasteiger partial charge in [-0.15, -0.1) is 0 Å². The molecule has 0 atom stereocenters. The number of halogens is 2. The number of nitrogens with zero attached hydrogens (tertiary/aromatic N) is 2. The highest BCUT2D eigenvalue weighted by Gasteiger charge is 2.13. The third kappa shape index (κ3) is 2.89. The summed E-state index contributed by atoms with van der Waals surface area (Å²) in [5, 5.41) is 4.35. The molecule has 0 saturated heterocycles. The topological polar surface area (TPSA) is 53.1 Å². The second-order valence-corrected chi connectivity index (χ2v) is 4.93. The Bertz CT molecular complexity index is 598. The van der Waals surface area contributed by atoms with Crippen LogP contribution in [-0.2, 0) is 13.2 Å². The lowest BCUT2D eigenvalue weighted by Gasteiger charge is -2.09. The molecule has 0 amide bonds. The fourth-order valence-corrected chi connectivity index (χ4v) is 2.19. The highest BCUT2D eigenvalue weighted by atomic mass is 79.9. The minimum Gasteiger partial charge on any atom is -0.484 e. The van der Waals surface area contributed by atoms with Crippen molar-refractivity contribution in [2.75, 3.05) is 5.73 Å². The lowest BCUT2D eigenvalue weighted by molar-refractivity contribution is 0.277. The normalized spacial score (nSPS) is 10.7. The molecule has 0 aliphatic rings. The molecule has 0 saturated carbocycles. The van der Waals surface area contributed by atoms with Gasteiger partial charge in [-0.3, -0.25) is 4.68 Å². The monoisotopic (exact) mass is 327 g/mol. The molecule has 1 heterocycles. The van der Waals surface area contributed by atoms with Crippen molar-refractivity contribution in [2.45, 2.75) is 27.0 Å². The van der Waals surface area contributed by atoms with Crippen LogP contribution in [0.5, 0.6) is 5.75 Å². The maximum atomic E-state index is 13.6. The molecule has 0 aliphatic heterocycles. The van der Waals surface area contributed by atoms with Crippen LogP contribution in [0.15, 0.2) is 22.7 Å². The highest BCUT2D eigenvalue weighted by Crippen LogP contribution is 2.25. The zero-order valence-electron chi connectivity index (χ0n) is 10.8. The van der Waals surface area contributed by atoms with E-state index in [9.17, 15) is 4.39 Å². The van der Waals surface area contributed by atoms with Crippen LogP contribution in [0.2, 0.25) is 0 Å². The first kappa shape index (κ1) is 13.9. The van der Waals surface area contributed by atoms with Gasteiger partial charge in [0.1, 0.15) is 6.61 Å². The predicted octanol–water partition coefficient (Wildman–Crippen LogP) is 3.27. The van der Waals surface area contributed by atoms with Crippen molar-refractivity contribution in [1.29, 1.82) is 0 Å². The Kier molecular flexibility index (Phi) is 4.09. The van der Waals surface area contributed by atoms with Crippen LogP contribution < -0.4 is 10.5 Å². The Morgan fingerprint density at radius 2 is 2.21 bits per heavy atom. The number of nitrogen functional groups attached to an aromatic ring is 1. The number of hydrogen-bond donors (Lipinski definition) is 1. The summed E-state index contributed by atoms with van der Waals surface area (Å²) < 4.78 is 21.8. The molecule has 0 radical (unpaired) electrons. The first-order valence-corrected chi connectivity index (χ1v) is 6.71. The summed E-state index contributed by atoms with van der Waals surface area (Å²) in [6.45, 7) is 4.88. The Balaban J connectivity index is 2.18. The smallest absolute Gasteiger partial charge is 0.167 e. The quantitative estimate of drug-likeness (QED) is 0.877. The molecule has 6 heteroatoms. The Morgan fingerprint density at radius 1 is 1.47 bits per heavy atom. The third-order valence-corrected chi connectivity index (χ3v) is 3.80. The van der Waals surface area contributed by atoms with Crippen molar-refractivity contribution in [3.8, 4) is 5.75 Å². The predicted molar refractivity (Wildman–Crippen MR) is 75.5 cm³/mol. The van der Waals surface area contributed by atoms with E-state index in [1.54, 1.807) is 6.07 Å². The summed E-state index contributed by atoms with van der Waals surface area (Å²) >= 11 is 3.47.